The second kappa shape index (κ2) is 9.59. The Kier molecular flexibility index (Phi) is 6.92. The van der Waals surface area contributed by atoms with E-state index in [1.54, 1.807) is 0 Å². The fraction of sp³-hybridized carbons (Fsp3) is 0.458. The number of hydrogen-bond donors (Lipinski definition) is 1. The minimum atomic E-state index is 0.198. The molecule has 3 rings (SSSR count). The van der Waals surface area contributed by atoms with Gasteiger partial charge in [0.15, 0.2) is 0 Å². The van der Waals surface area contributed by atoms with Crippen LogP contribution in [0.4, 0.5) is 11.4 Å². The van der Waals surface area contributed by atoms with Crippen molar-refractivity contribution in [2.24, 2.45) is 0 Å². The van der Waals surface area contributed by atoms with Gasteiger partial charge in [0.05, 0.1) is 6.04 Å². The third-order valence-electron chi connectivity index (χ3n) is 5.47. The molecule has 1 aliphatic heterocycles. The number of nitrogens with zero attached hydrogens (tertiary/aromatic N) is 1. The lowest BCUT2D eigenvalue weighted by Gasteiger charge is -2.40. The highest BCUT2D eigenvalue weighted by molar-refractivity contribution is 5.95. The highest BCUT2D eigenvalue weighted by Gasteiger charge is 2.33. The Hall–Kier alpha value is -2.29. The summed E-state index contributed by atoms with van der Waals surface area (Å²) in [5, 5.41) is 3.66. The Morgan fingerprint density at radius 1 is 1.00 bits per heavy atom. The van der Waals surface area contributed by atoms with Crippen LogP contribution in [0.1, 0.15) is 70.4 Å². The van der Waals surface area contributed by atoms with Gasteiger partial charge in [0.2, 0.25) is 5.91 Å². The van der Waals surface area contributed by atoms with Gasteiger partial charge in [-0.2, -0.15) is 0 Å². The maximum atomic E-state index is 13.0. The molecule has 3 heteroatoms. The normalized spacial score (nSPS) is 18.8. The molecule has 0 saturated carbocycles. The van der Waals surface area contributed by atoms with Crippen LogP contribution < -0.4 is 10.2 Å². The molecule has 3 nitrogen and oxygen atoms in total. The summed E-state index contributed by atoms with van der Waals surface area (Å²) in [6.07, 6.45) is 7.47. The molecule has 0 unspecified atom stereocenters. The molecule has 0 aliphatic carbocycles. The third-order valence-corrected chi connectivity index (χ3v) is 5.47. The number of rotatable bonds is 8. The quantitative estimate of drug-likeness (QED) is 0.555. The molecule has 1 amide bonds. The average Bonchev–Trinajstić information content (AvgIpc) is 2.68. The van der Waals surface area contributed by atoms with Crippen molar-refractivity contribution in [1.82, 2.24) is 0 Å². The number of fused-ring (bicyclic) bond motifs is 1. The van der Waals surface area contributed by atoms with Crippen LogP contribution in [0.3, 0.4) is 0 Å². The lowest BCUT2D eigenvalue weighted by molar-refractivity contribution is -0.119. The van der Waals surface area contributed by atoms with Crippen LogP contribution in [0.25, 0.3) is 0 Å². The number of carbonyl (C=O) groups is 1. The summed E-state index contributed by atoms with van der Waals surface area (Å²) in [7, 11) is 0. The molecule has 0 radical (unpaired) electrons. The number of unbranched alkanes of at least 4 members (excludes halogenated alkanes) is 4. The zero-order valence-corrected chi connectivity index (χ0v) is 16.7. The third kappa shape index (κ3) is 4.91. The lowest BCUT2D eigenvalue weighted by atomic mass is 9.91. The second-order valence-electron chi connectivity index (χ2n) is 7.63. The van der Waals surface area contributed by atoms with Crippen molar-refractivity contribution in [3.05, 3.63) is 60.2 Å². The Labute approximate surface area is 163 Å². The summed E-state index contributed by atoms with van der Waals surface area (Å²) in [6, 6.07) is 19.1. The first-order valence-corrected chi connectivity index (χ1v) is 10.4. The molecule has 27 heavy (non-hydrogen) atoms. The minimum Gasteiger partial charge on any atom is -0.378 e. The topological polar surface area (TPSA) is 32.3 Å². The largest absolute Gasteiger partial charge is 0.378 e. The predicted octanol–water partition coefficient (Wildman–Crippen LogP) is 6.33. The van der Waals surface area contributed by atoms with Gasteiger partial charge in [-0.05, 0) is 43.5 Å². The summed E-state index contributed by atoms with van der Waals surface area (Å²) in [6.45, 7) is 4.39. The molecule has 144 valence electrons. The molecule has 0 aromatic heterocycles. The summed E-state index contributed by atoms with van der Waals surface area (Å²) in [5.41, 5.74) is 3.42. The minimum absolute atomic E-state index is 0.198. The van der Waals surface area contributed by atoms with E-state index in [2.05, 4.69) is 61.6 Å². The molecule has 1 N–H and O–H groups in total. The van der Waals surface area contributed by atoms with Gasteiger partial charge in [-0.1, -0.05) is 69.0 Å². The van der Waals surface area contributed by atoms with Crippen LogP contribution in [0.2, 0.25) is 0 Å². The second-order valence-corrected chi connectivity index (χ2v) is 7.63. The first-order valence-electron chi connectivity index (χ1n) is 10.4. The van der Waals surface area contributed by atoms with Crippen molar-refractivity contribution < 1.29 is 4.79 Å². The summed E-state index contributed by atoms with van der Waals surface area (Å²) < 4.78 is 0. The molecule has 1 heterocycles. The number of para-hydroxylation sites is 2. The Bertz CT molecular complexity index is 728. The predicted molar refractivity (Wildman–Crippen MR) is 114 cm³/mol. The van der Waals surface area contributed by atoms with Crippen molar-refractivity contribution in [2.75, 3.05) is 10.2 Å². The number of anilines is 2. The number of nitrogens with one attached hydrogen (secondary N) is 1. The van der Waals surface area contributed by atoms with Crippen LogP contribution in [-0.4, -0.2) is 11.9 Å². The smallest absolute Gasteiger partial charge is 0.227 e. The molecule has 0 saturated heterocycles. The standard InChI is InChI=1S/C24H32N2O/c1-3-4-5-6-10-17-24(27)26-19(2)18-22(21-15-11-12-16-23(21)26)25-20-13-8-7-9-14-20/h7-9,11-16,19,22,25H,3-6,10,17-18H2,1-2H3/t19-,22-/m1/s1. The maximum absolute atomic E-state index is 13.0. The Morgan fingerprint density at radius 2 is 1.70 bits per heavy atom. The number of amides is 1. The summed E-state index contributed by atoms with van der Waals surface area (Å²) in [5.74, 6) is 0.268. The van der Waals surface area contributed by atoms with E-state index in [9.17, 15) is 4.79 Å². The van der Waals surface area contributed by atoms with Crippen molar-refractivity contribution >= 4 is 17.3 Å². The van der Waals surface area contributed by atoms with E-state index in [4.69, 9.17) is 0 Å². The molecule has 0 bridgehead atoms. The summed E-state index contributed by atoms with van der Waals surface area (Å²) >= 11 is 0. The zero-order chi connectivity index (χ0) is 19.1. The van der Waals surface area contributed by atoms with Crippen LogP contribution in [-0.2, 0) is 4.79 Å². The van der Waals surface area contributed by atoms with E-state index in [0.29, 0.717) is 6.42 Å². The van der Waals surface area contributed by atoms with Crippen LogP contribution in [0.5, 0.6) is 0 Å². The van der Waals surface area contributed by atoms with Crippen molar-refractivity contribution in [1.29, 1.82) is 0 Å². The van der Waals surface area contributed by atoms with E-state index in [1.807, 2.05) is 17.0 Å². The first-order chi connectivity index (χ1) is 13.2. The highest BCUT2D eigenvalue weighted by Crippen LogP contribution is 2.39. The van der Waals surface area contributed by atoms with Gasteiger partial charge in [-0.3, -0.25) is 4.79 Å². The molecule has 2 aromatic carbocycles. The molecule has 2 aromatic rings. The van der Waals surface area contributed by atoms with Gasteiger partial charge in [0.1, 0.15) is 0 Å². The van der Waals surface area contributed by atoms with Gasteiger partial charge in [0, 0.05) is 23.8 Å². The monoisotopic (exact) mass is 364 g/mol. The average molecular weight is 365 g/mol. The zero-order valence-electron chi connectivity index (χ0n) is 16.7. The molecule has 1 aliphatic rings. The van der Waals surface area contributed by atoms with E-state index in [-0.39, 0.29) is 18.0 Å². The van der Waals surface area contributed by atoms with Gasteiger partial charge in [-0.15, -0.1) is 0 Å². The molecular weight excluding hydrogens is 332 g/mol. The fourth-order valence-corrected chi connectivity index (χ4v) is 4.07. The molecule has 0 spiro atoms. The van der Waals surface area contributed by atoms with Gasteiger partial charge < -0.3 is 10.2 Å². The molecular formula is C24H32N2O. The van der Waals surface area contributed by atoms with E-state index < -0.39 is 0 Å². The first kappa shape index (κ1) is 19.5. The van der Waals surface area contributed by atoms with Gasteiger partial charge in [-0.25, -0.2) is 0 Å². The molecule has 2 atom stereocenters. The van der Waals surface area contributed by atoms with Crippen LogP contribution in [0.15, 0.2) is 54.6 Å². The number of hydrogen-bond acceptors (Lipinski definition) is 2. The van der Waals surface area contributed by atoms with E-state index in [0.717, 1.165) is 30.6 Å². The van der Waals surface area contributed by atoms with Crippen molar-refractivity contribution in [3.63, 3.8) is 0 Å². The Balaban J connectivity index is 1.72. The highest BCUT2D eigenvalue weighted by atomic mass is 16.2. The van der Waals surface area contributed by atoms with E-state index in [1.165, 1.54) is 24.8 Å². The van der Waals surface area contributed by atoms with Crippen LogP contribution in [0, 0.1) is 0 Å². The van der Waals surface area contributed by atoms with Crippen LogP contribution >= 0.6 is 0 Å². The maximum Gasteiger partial charge on any atom is 0.227 e. The number of benzene rings is 2. The number of carbonyl (C=O) groups excluding carboxylic acids is 1. The fourth-order valence-electron chi connectivity index (χ4n) is 4.07. The van der Waals surface area contributed by atoms with Crippen molar-refractivity contribution in [3.8, 4) is 0 Å². The van der Waals surface area contributed by atoms with Crippen molar-refractivity contribution in [2.45, 2.75) is 70.9 Å². The summed E-state index contributed by atoms with van der Waals surface area (Å²) in [4.78, 5) is 15.0. The van der Waals surface area contributed by atoms with Gasteiger partial charge >= 0.3 is 0 Å². The SMILES string of the molecule is CCCCCCCC(=O)N1c2ccccc2[C@H](Nc2ccccc2)C[C@H]1C. The molecule has 0 fully saturated rings. The lowest BCUT2D eigenvalue weighted by Crippen LogP contribution is -2.44. The van der Waals surface area contributed by atoms with E-state index >= 15 is 0 Å². The van der Waals surface area contributed by atoms with Gasteiger partial charge in [0.25, 0.3) is 0 Å². The Morgan fingerprint density at radius 3 is 2.48 bits per heavy atom.